The van der Waals surface area contributed by atoms with Gasteiger partial charge in [-0.15, -0.1) is 22.7 Å². The molecule has 2 aromatic heterocycles. The molecule has 0 spiro atoms. The molecule has 1 N–H and O–H groups in total. The van der Waals surface area contributed by atoms with Crippen LogP contribution in [0.1, 0.15) is 31.0 Å². The third kappa shape index (κ3) is 4.35. The third-order valence-electron chi connectivity index (χ3n) is 3.56. The number of hydrogen-bond acceptors (Lipinski definition) is 5. The van der Waals surface area contributed by atoms with Gasteiger partial charge in [-0.2, -0.15) is 0 Å². The predicted molar refractivity (Wildman–Crippen MR) is 99.9 cm³/mol. The number of sulfonamides is 1. The van der Waals surface area contributed by atoms with E-state index >= 15 is 0 Å². The van der Waals surface area contributed by atoms with Crippen LogP contribution in [0.25, 0.3) is 9.88 Å². The van der Waals surface area contributed by atoms with E-state index in [2.05, 4.69) is 9.71 Å². The van der Waals surface area contributed by atoms with E-state index in [0.717, 1.165) is 45.1 Å². The van der Waals surface area contributed by atoms with Crippen LogP contribution < -0.4 is 4.72 Å². The molecule has 0 atom stereocenters. The fourth-order valence-electron chi connectivity index (χ4n) is 2.21. The smallest absolute Gasteiger partial charge is 0.240 e. The first-order valence-corrected chi connectivity index (χ1v) is 10.9. The van der Waals surface area contributed by atoms with Crippen molar-refractivity contribution in [3.05, 3.63) is 58.6 Å². The highest BCUT2D eigenvalue weighted by molar-refractivity contribution is 7.91. The van der Waals surface area contributed by atoms with Crippen LogP contribution in [0, 0.1) is 11.6 Å². The molecule has 0 aliphatic carbocycles. The molecule has 0 aliphatic rings. The second-order valence-electron chi connectivity index (χ2n) is 5.95. The van der Waals surface area contributed by atoms with Crippen LogP contribution in [0.2, 0.25) is 0 Å². The third-order valence-corrected chi connectivity index (χ3v) is 7.57. The lowest BCUT2D eigenvalue weighted by Gasteiger charge is -2.05. The zero-order valence-electron chi connectivity index (χ0n) is 14.0. The minimum Gasteiger partial charge on any atom is -0.240 e. The number of benzene rings is 1. The fourth-order valence-corrected chi connectivity index (χ4v) is 5.63. The lowest BCUT2D eigenvalue weighted by molar-refractivity contribution is 0.572. The summed E-state index contributed by atoms with van der Waals surface area (Å²) in [6, 6.07) is 6.14. The molecule has 26 heavy (non-hydrogen) atoms. The van der Waals surface area contributed by atoms with Crippen molar-refractivity contribution in [2.75, 3.05) is 0 Å². The van der Waals surface area contributed by atoms with E-state index in [0.29, 0.717) is 5.92 Å². The van der Waals surface area contributed by atoms with Crippen molar-refractivity contribution in [2.45, 2.75) is 30.5 Å². The van der Waals surface area contributed by atoms with Gasteiger partial charge in [-0.1, -0.05) is 13.8 Å². The summed E-state index contributed by atoms with van der Waals surface area (Å²) in [5.74, 6) is -1.19. The van der Waals surface area contributed by atoms with Crippen molar-refractivity contribution in [3.8, 4) is 9.88 Å². The summed E-state index contributed by atoms with van der Waals surface area (Å²) in [5, 5.41) is 2.73. The molecular formula is C17H16F2N2O2S3. The van der Waals surface area contributed by atoms with Gasteiger partial charge in [-0.25, -0.2) is 26.9 Å². The zero-order valence-corrected chi connectivity index (χ0v) is 16.4. The van der Waals surface area contributed by atoms with Gasteiger partial charge in [0.15, 0.2) is 0 Å². The standard InChI is InChI=1S/C17H16F2N2O2S3/c1-10(2)14-9-24-17(21-14)15-3-4-16(25-15)26(22,23)20-8-11-5-12(18)7-13(19)6-11/h3-7,9-10,20H,8H2,1-2H3. The second kappa shape index (κ2) is 7.51. The maximum atomic E-state index is 13.2. The average Bonchev–Trinajstić information content (AvgIpc) is 3.21. The van der Waals surface area contributed by atoms with Crippen LogP contribution >= 0.6 is 22.7 Å². The Bertz CT molecular complexity index is 1010. The SMILES string of the molecule is CC(C)c1csc(-c2ccc(S(=O)(=O)NCc3cc(F)cc(F)c3)s2)n1. The van der Waals surface area contributed by atoms with E-state index in [1.807, 2.05) is 19.2 Å². The van der Waals surface area contributed by atoms with E-state index in [9.17, 15) is 17.2 Å². The largest absolute Gasteiger partial charge is 0.250 e. The summed E-state index contributed by atoms with van der Waals surface area (Å²) < 4.78 is 53.8. The van der Waals surface area contributed by atoms with E-state index in [4.69, 9.17) is 0 Å². The summed E-state index contributed by atoms with van der Waals surface area (Å²) in [6.45, 7) is 3.89. The molecule has 0 radical (unpaired) electrons. The van der Waals surface area contributed by atoms with Crippen molar-refractivity contribution in [3.63, 3.8) is 0 Å². The first kappa shape index (κ1) is 19.1. The highest BCUT2D eigenvalue weighted by Crippen LogP contribution is 2.34. The topological polar surface area (TPSA) is 59.1 Å². The summed E-state index contributed by atoms with van der Waals surface area (Å²) >= 11 is 2.58. The first-order chi connectivity index (χ1) is 12.2. The number of nitrogens with zero attached hydrogens (tertiary/aromatic N) is 1. The predicted octanol–water partition coefficient (Wildman–Crippen LogP) is 4.75. The zero-order chi connectivity index (χ0) is 18.9. The lowest BCUT2D eigenvalue weighted by atomic mass is 10.2. The molecule has 9 heteroatoms. The molecule has 4 nitrogen and oxygen atoms in total. The quantitative estimate of drug-likeness (QED) is 0.633. The van der Waals surface area contributed by atoms with Gasteiger partial charge in [-0.3, -0.25) is 0 Å². The number of rotatable bonds is 6. The Morgan fingerprint density at radius 1 is 1.15 bits per heavy atom. The van der Waals surface area contributed by atoms with Gasteiger partial charge < -0.3 is 0 Å². The molecule has 0 aliphatic heterocycles. The number of halogens is 2. The monoisotopic (exact) mass is 414 g/mol. The molecule has 2 heterocycles. The Balaban J connectivity index is 1.76. The molecule has 138 valence electrons. The summed E-state index contributed by atoms with van der Waals surface area (Å²) in [7, 11) is -3.78. The summed E-state index contributed by atoms with van der Waals surface area (Å²) in [4.78, 5) is 5.28. The van der Waals surface area contributed by atoms with E-state index in [1.54, 1.807) is 6.07 Å². The van der Waals surface area contributed by atoms with Crippen molar-refractivity contribution in [1.29, 1.82) is 0 Å². The molecular weight excluding hydrogens is 398 g/mol. The molecule has 0 fully saturated rings. The Hall–Kier alpha value is -1.68. The van der Waals surface area contributed by atoms with Crippen LogP contribution in [0.3, 0.4) is 0 Å². The minimum absolute atomic E-state index is 0.130. The van der Waals surface area contributed by atoms with Gasteiger partial charge in [-0.05, 0) is 35.7 Å². The van der Waals surface area contributed by atoms with Crippen molar-refractivity contribution in [2.24, 2.45) is 0 Å². The average molecular weight is 415 g/mol. The Labute approximate surface area is 158 Å². The molecule has 3 aromatic rings. The molecule has 0 saturated heterocycles. The number of hydrogen-bond donors (Lipinski definition) is 1. The van der Waals surface area contributed by atoms with Gasteiger partial charge >= 0.3 is 0 Å². The van der Waals surface area contributed by atoms with Gasteiger partial charge in [0.05, 0.1) is 10.6 Å². The number of thiazole rings is 1. The lowest BCUT2D eigenvalue weighted by Crippen LogP contribution is -2.22. The van der Waals surface area contributed by atoms with Crippen LogP contribution in [0.4, 0.5) is 8.78 Å². The summed E-state index contributed by atoms with van der Waals surface area (Å²) in [5.41, 5.74) is 1.18. The van der Waals surface area contributed by atoms with Crippen LogP contribution in [0.5, 0.6) is 0 Å². The highest BCUT2D eigenvalue weighted by atomic mass is 32.2. The van der Waals surface area contributed by atoms with Gasteiger partial charge in [0.2, 0.25) is 10.0 Å². The van der Waals surface area contributed by atoms with Crippen LogP contribution in [-0.2, 0) is 16.6 Å². The van der Waals surface area contributed by atoms with Crippen LogP contribution in [-0.4, -0.2) is 13.4 Å². The molecule has 3 rings (SSSR count). The Morgan fingerprint density at radius 2 is 1.85 bits per heavy atom. The molecule has 0 saturated carbocycles. The molecule has 0 unspecified atom stereocenters. The van der Waals surface area contributed by atoms with E-state index in [1.165, 1.54) is 17.4 Å². The normalized spacial score (nSPS) is 12.0. The van der Waals surface area contributed by atoms with E-state index in [-0.39, 0.29) is 16.3 Å². The first-order valence-electron chi connectivity index (χ1n) is 7.75. The van der Waals surface area contributed by atoms with Crippen LogP contribution in [0.15, 0.2) is 39.9 Å². The van der Waals surface area contributed by atoms with Crippen molar-refractivity contribution >= 4 is 32.7 Å². The van der Waals surface area contributed by atoms with Gasteiger partial charge in [0.1, 0.15) is 20.9 Å². The summed E-state index contributed by atoms with van der Waals surface area (Å²) in [6.07, 6.45) is 0. The van der Waals surface area contributed by atoms with Crippen molar-refractivity contribution < 1.29 is 17.2 Å². The van der Waals surface area contributed by atoms with Gasteiger partial charge in [0, 0.05) is 18.0 Å². The molecule has 0 amide bonds. The highest BCUT2D eigenvalue weighted by Gasteiger charge is 2.19. The minimum atomic E-state index is -3.78. The Kier molecular flexibility index (Phi) is 5.52. The fraction of sp³-hybridized carbons (Fsp3) is 0.235. The maximum Gasteiger partial charge on any atom is 0.250 e. The number of aromatic nitrogens is 1. The maximum absolute atomic E-state index is 13.2. The number of thiophene rings is 1. The van der Waals surface area contributed by atoms with E-state index < -0.39 is 21.7 Å². The second-order valence-corrected chi connectivity index (χ2v) is 9.89. The van der Waals surface area contributed by atoms with Crippen molar-refractivity contribution in [1.82, 2.24) is 9.71 Å². The van der Waals surface area contributed by atoms with Gasteiger partial charge in [0.25, 0.3) is 0 Å². The number of nitrogens with one attached hydrogen (secondary N) is 1. The molecule has 0 bridgehead atoms. The molecule has 1 aromatic carbocycles. The Morgan fingerprint density at radius 3 is 2.46 bits per heavy atom.